The molecule has 0 saturated heterocycles. The molecule has 0 unspecified atom stereocenters. The summed E-state index contributed by atoms with van der Waals surface area (Å²) in [6.07, 6.45) is 3.32. The van der Waals surface area contributed by atoms with E-state index in [9.17, 15) is 4.79 Å². The molecule has 0 aliphatic heterocycles. The Hall–Kier alpha value is -1.61. The highest BCUT2D eigenvalue weighted by Crippen LogP contribution is 2.22. The van der Waals surface area contributed by atoms with Crippen LogP contribution in [-0.2, 0) is 11.2 Å². The molecule has 140 valence electrons. The maximum atomic E-state index is 12.2. The van der Waals surface area contributed by atoms with Gasteiger partial charge in [-0.3, -0.25) is 4.79 Å². The first-order valence-electron chi connectivity index (χ1n) is 8.14. The lowest BCUT2D eigenvalue weighted by atomic mass is 10.1. The monoisotopic (exact) mass is 411 g/mol. The first-order valence-corrected chi connectivity index (χ1v) is 9.95. The molecule has 0 aliphatic carbocycles. The number of carbonyl (C=O) groups excluding carboxylic acids is 1. The number of aromatic nitrogens is 3. The number of nitrogens with zero attached hydrogens (tertiary/aromatic N) is 2. The zero-order chi connectivity index (χ0) is 17.6. The number of benzene rings is 1. The van der Waals surface area contributed by atoms with Gasteiger partial charge in [0.2, 0.25) is 5.91 Å². The van der Waals surface area contributed by atoms with E-state index in [1.807, 2.05) is 37.4 Å². The van der Waals surface area contributed by atoms with Gasteiger partial charge in [0.05, 0.1) is 6.04 Å². The van der Waals surface area contributed by atoms with Crippen LogP contribution in [0.1, 0.15) is 17.0 Å². The van der Waals surface area contributed by atoms with E-state index in [0.717, 1.165) is 38.0 Å². The van der Waals surface area contributed by atoms with Gasteiger partial charge in [0.25, 0.3) is 0 Å². The number of amides is 1. The first kappa shape index (κ1) is 20.7. The topological polar surface area (TPSA) is 96.7 Å². The second kappa shape index (κ2) is 9.91. The molecule has 6 nitrogen and oxygen atoms in total. The van der Waals surface area contributed by atoms with Crippen LogP contribution in [0.4, 0.5) is 0 Å². The summed E-state index contributed by atoms with van der Waals surface area (Å²) in [5.41, 5.74) is 8.19. The Labute approximate surface area is 166 Å². The molecular formula is C17H22ClN5OS2. The molecule has 9 heteroatoms. The molecule has 1 atom stereocenters. The number of hydrogen-bond donors (Lipinski definition) is 3. The van der Waals surface area contributed by atoms with Gasteiger partial charge in [-0.15, -0.1) is 22.6 Å². The molecule has 1 amide bonds. The van der Waals surface area contributed by atoms with Gasteiger partial charge in [-0.2, -0.15) is 0 Å². The van der Waals surface area contributed by atoms with Crippen molar-refractivity contribution in [2.24, 2.45) is 5.73 Å². The van der Waals surface area contributed by atoms with Crippen molar-refractivity contribution >= 4 is 52.3 Å². The molecule has 4 N–H and O–H groups in total. The van der Waals surface area contributed by atoms with Crippen LogP contribution >= 0.6 is 35.5 Å². The van der Waals surface area contributed by atoms with E-state index >= 15 is 0 Å². The van der Waals surface area contributed by atoms with Gasteiger partial charge in [0.1, 0.15) is 5.01 Å². The van der Waals surface area contributed by atoms with Crippen LogP contribution in [0, 0.1) is 6.92 Å². The first-order chi connectivity index (χ1) is 12.1. The van der Waals surface area contributed by atoms with Gasteiger partial charge >= 0.3 is 0 Å². The summed E-state index contributed by atoms with van der Waals surface area (Å²) in [6, 6.07) is 7.48. The number of aryl methyl sites for hydroxylation is 1. The summed E-state index contributed by atoms with van der Waals surface area (Å²) >= 11 is 3.26. The number of aromatic amines is 1. The third kappa shape index (κ3) is 5.44. The molecule has 0 bridgehead atoms. The highest BCUT2D eigenvalue weighted by molar-refractivity contribution is 8.01. The number of H-pyrrole nitrogens is 1. The van der Waals surface area contributed by atoms with Crippen LogP contribution in [0.15, 0.2) is 34.8 Å². The van der Waals surface area contributed by atoms with Gasteiger partial charge in [0.15, 0.2) is 4.34 Å². The predicted octanol–water partition coefficient (Wildman–Crippen LogP) is 2.92. The Morgan fingerprint density at radius 3 is 2.96 bits per heavy atom. The molecular weight excluding hydrogens is 390 g/mol. The fourth-order valence-corrected chi connectivity index (χ4v) is 4.37. The standard InChI is InChI=1S/C17H21N5OS2.ClH/c1-11-21-22-17(25-11)24-8-4-7-19-16(23)14(18)9-12-10-20-15-6-3-2-5-13(12)15;/h2-3,5-6,10,14,20H,4,7-9,18H2,1H3,(H,19,23);1H/t14-;/m1./s1. The Balaban J connectivity index is 0.00000243. The fourth-order valence-electron chi connectivity index (χ4n) is 2.54. The van der Waals surface area contributed by atoms with E-state index in [1.54, 1.807) is 23.1 Å². The summed E-state index contributed by atoms with van der Waals surface area (Å²) in [5.74, 6) is 0.786. The lowest BCUT2D eigenvalue weighted by molar-refractivity contribution is -0.122. The van der Waals surface area contributed by atoms with Crippen LogP contribution in [0.5, 0.6) is 0 Å². The van der Waals surface area contributed by atoms with Crippen molar-refractivity contribution in [2.45, 2.75) is 30.1 Å². The molecule has 3 aromatic rings. The lowest BCUT2D eigenvalue weighted by Crippen LogP contribution is -2.42. The van der Waals surface area contributed by atoms with Crippen LogP contribution in [0.3, 0.4) is 0 Å². The molecule has 2 aromatic heterocycles. The Bertz CT molecular complexity index is 850. The van der Waals surface area contributed by atoms with Gasteiger partial charge in [0, 0.05) is 29.4 Å². The largest absolute Gasteiger partial charge is 0.361 e. The van der Waals surface area contributed by atoms with Crippen molar-refractivity contribution in [3.8, 4) is 0 Å². The maximum absolute atomic E-state index is 12.2. The van der Waals surface area contributed by atoms with Crippen molar-refractivity contribution < 1.29 is 4.79 Å². The number of halogens is 1. The molecule has 1 aromatic carbocycles. The van der Waals surface area contributed by atoms with Gasteiger partial charge < -0.3 is 16.0 Å². The van der Waals surface area contributed by atoms with Crippen molar-refractivity contribution in [1.29, 1.82) is 0 Å². The minimum Gasteiger partial charge on any atom is -0.361 e. The number of nitrogens with two attached hydrogens (primary N) is 1. The second-order valence-electron chi connectivity index (χ2n) is 5.75. The predicted molar refractivity (Wildman–Crippen MR) is 110 cm³/mol. The Morgan fingerprint density at radius 1 is 1.38 bits per heavy atom. The van der Waals surface area contributed by atoms with E-state index in [-0.39, 0.29) is 18.3 Å². The molecule has 0 radical (unpaired) electrons. The molecule has 0 spiro atoms. The molecule has 0 saturated carbocycles. The van der Waals surface area contributed by atoms with Gasteiger partial charge in [-0.25, -0.2) is 0 Å². The summed E-state index contributed by atoms with van der Waals surface area (Å²) in [5, 5.41) is 13.1. The summed E-state index contributed by atoms with van der Waals surface area (Å²) in [6.45, 7) is 2.56. The zero-order valence-corrected chi connectivity index (χ0v) is 16.8. The van der Waals surface area contributed by atoms with Crippen LogP contribution in [-0.4, -0.2) is 39.4 Å². The molecule has 3 rings (SSSR count). The number of hydrogen-bond acceptors (Lipinski definition) is 6. The van der Waals surface area contributed by atoms with Crippen molar-refractivity contribution in [1.82, 2.24) is 20.5 Å². The Kier molecular flexibility index (Phi) is 7.89. The third-order valence-corrected chi connectivity index (χ3v) is 5.86. The SMILES string of the molecule is Cc1nnc(SCCCNC(=O)[C@H](N)Cc2c[nH]c3ccccc23)s1.Cl. The highest BCUT2D eigenvalue weighted by atomic mass is 35.5. The van der Waals surface area contributed by atoms with Crippen molar-refractivity contribution in [3.63, 3.8) is 0 Å². The average molecular weight is 412 g/mol. The summed E-state index contributed by atoms with van der Waals surface area (Å²) in [4.78, 5) is 15.4. The number of fused-ring (bicyclic) bond motifs is 1. The van der Waals surface area contributed by atoms with Crippen LogP contribution < -0.4 is 11.1 Å². The highest BCUT2D eigenvalue weighted by Gasteiger charge is 2.15. The van der Waals surface area contributed by atoms with Crippen molar-refractivity contribution in [3.05, 3.63) is 41.0 Å². The van der Waals surface area contributed by atoms with Crippen LogP contribution in [0.2, 0.25) is 0 Å². The van der Waals surface area contributed by atoms with E-state index in [0.29, 0.717) is 13.0 Å². The quantitative estimate of drug-likeness (QED) is 0.391. The maximum Gasteiger partial charge on any atom is 0.237 e. The second-order valence-corrected chi connectivity index (χ2v) is 8.27. The summed E-state index contributed by atoms with van der Waals surface area (Å²) < 4.78 is 0.972. The zero-order valence-electron chi connectivity index (χ0n) is 14.4. The molecule has 0 fully saturated rings. The number of rotatable bonds is 8. The van der Waals surface area contributed by atoms with E-state index < -0.39 is 6.04 Å². The lowest BCUT2D eigenvalue weighted by Gasteiger charge is -2.11. The van der Waals surface area contributed by atoms with Crippen molar-refractivity contribution in [2.75, 3.05) is 12.3 Å². The van der Waals surface area contributed by atoms with Gasteiger partial charge in [-0.05, 0) is 31.4 Å². The third-order valence-electron chi connectivity index (χ3n) is 3.80. The van der Waals surface area contributed by atoms with Crippen LogP contribution in [0.25, 0.3) is 10.9 Å². The minimum absolute atomic E-state index is 0. The molecule has 2 heterocycles. The Morgan fingerprint density at radius 2 is 2.19 bits per heavy atom. The summed E-state index contributed by atoms with van der Waals surface area (Å²) in [7, 11) is 0. The van der Waals surface area contributed by atoms with Gasteiger partial charge in [-0.1, -0.05) is 41.3 Å². The molecule has 0 aliphatic rings. The van der Waals surface area contributed by atoms with E-state index in [2.05, 4.69) is 20.5 Å². The average Bonchev–Trinajstić information content (AvgIpc) is 3.21. The fraction of sp³-hybridized carbons (Fsp3) is 0.353. The normalized spacial score (nSPS) is 11.9. The number of carbonyl (C=O) groups is 1. The number of thioether (sulfide) groups is 1. The minimum atomic E-state index is -0.544. The number of para-hydroxylation sites is 1. The van der Waals surface area contributed by atoms with E-state index in [4.69, 9.17) is 5.73 Å². The molecule has 26 heavy (non-hydrogen) atoms. The number of nitrogens with one attached hydrogen (secondary N) is 2. The van der Waals surface area contributed by atoms with E-state index in [1.165, 1.54) is 0 Å². The smallest absolute Gasteiger partial charge is 0.237 e.